The summed E-state index contributed by atoms with van der Waals surface area (Å²) in [6.07, 6.45) is -0.00517. The van der Waals surface area contributed by atoms with Gasteiger partial charge in [-0.25, -0.2) is 23.5 Å². The molecule has 14 heteroatoms. The van der Waals surface area contributed by atoms with Crippen molar-refractivity contribution in [3.8, 4) is 33.6 Å². The van der Waals surface area contributed by atoms with Crippen molar-refractivity contribution < 1.29 is 28.3 Å². The second-order valence-corrected chi connectivity index (χ2v) is 14.8. The van der Waals surface area contributed by atoms with Gasteiger partial charge in [0.25, 0.3) is 0 Å². The number of likely N-dealkylation sites (N-methyl/N-ethyl adjacent to an activating group) is 2. The van der Waals surface area contributed by atoms with E-state index in [2.05, 4.69) is 24.8 Å². The molecule has 2 fully saturated rings. The van der Waals surface area contributed by atoms with E-state index in [1.54, 1.807) is 17.3 Å². The lowest BCUT2D eigenvalue weighted by Gasteiger charge is -2.34. The fraction of sp³-hybridized carbons (Fsp3) is 0.372. The number of aromatic amines is 2. The minimum Gasteiger partial charge on any atom is -0.465 e. The number of H-pyrrole nitrogens is 2. The summed E-state index contributed by atoms with van der Waals surface area (Å²) in [6, 6.07) is 22.9. The zero-order chi connectivity index (χ0) is 40.4. The minimum atomic E-state index is -1.25. The number of nitrogens with one attached hydrogen (secondary N) is 2. The van der Waals surface area contributed by atoms with E-state index in [0.29, 0.717) is 30.4 Å². The van der Waals surface area contributed by atoms with Crippen LogP contribution in [-0.4, -0.2) is 114 Å². The van der Waals surface area contributed by atoms with Gasteiger partial charge in [0, 0.05) is 19.9 Å². The number of aromatic nitrogens is 4. The monoisotopic (exact) mass is 778 g/mol. The molecule has 3 N–H and O–H groups in total. The van der Waals surface area contributed by atoms with Gasteiger partial charge >= 0.3 is 6.09 Å². The third kappa shape index (κ3) is 8.04. The van der Waals surface area contributed by atoms with Gasteiger partial charge in [-0.2, -0.15) is 0 Å². The van der Waals surface area contributed by atoms with Crippen LogP contribution in [0.3, 0.4) is 0 Å². The normalized spacial score (nSPS) is 20.5. The predicted octanol–water partition coefficient (Wildman–Crippen LogP) is 7.44. The summed E-state index contributed by atoms with van der Waals surface area (Å²) in [4.78, 5) is 60.5. The first-order valence-corrected chi connectivity index (χ1v) is 19.4. The van der Waals surface area contributed by atoms with E-state index in [4.69, 9.17) is 0 Å². The number of hydrogen-bond donors (Lipinski definition) is 3. The molecular weight excluding hydrogens is 731 g/mol. The lowest BCUT2D eigenvalue weighted by molar-refractivity contribution is -0.138. The van der Waals surface area contributed by atoms with Gasteiger partial charge in [-0.15, -0.1) is 0 Å². The van der Waals surface area contributed by atoms with E-state index >= 15 is 4.39 Å². The van der Waals surface area contributed by atoms with Gasteiger partial charge < -0.3 is 24.9 Å². The Bertz CT molecular complexity index is 2170. The molecule has 2 aliphatic heterocycles. The smallest absolute Gasteiger partial charge is 0.407 e. The Balaban J connectivity index is 1.03. The molecule has 5 aromatic rings. The Morgan fingerprint density at radius 1 is 0.737 bits per heavy atom. The van der Waals surface area contributed by atoms with Gasteiger partial charge in [-0.3, -0.25) is 19.4 Å². The van der Waals surface area contributed by atoms with Crippen LogP contribution in [0.1, 0.15) is 69.0 Å². The van der Waals surface area contributed by atoms with Crippen molar-refractivity contribution in [1.29, 1.82) is 0 Å². The molecule has 3 amide bonds. The number of nitrogens with zero attached hydrogens (tertiary/aromatic N) is 6. The maximum absolute atomic E-state index is 15.0. The summed E-state index contributed by atoms with van der Waals surface area (Å²) in [5, 5.41) is 9.32. The van der Waals surface area contributed by atoms with Crippen LogP contribution in [0.25, 0.3) is 33.6 Å². The molecule has 2 aliphatic rings. The van der Waals surface area contributed by atoms with Crippen molar-refractivity contribution >= 4 is 17.9 Å². The fourth-order valence-corrected chi connectivity index (χ4v) is 8.03. The molecular formula is C43H48F2N8O4. The van der Waals surface area contributed by atoms with Gasteiger partial charge in [0.05, 0.1) is 49.0 Å². The summed E-state index contributed by atoms with van der Waals surface area (Å²) in [5.41, 5.74) is 6.08. The zero-order valence-electron chi connectivity index (χ0n) is 32.5. The average molecular weight is 779 g/mol. The molecule has 6 atom stereocenters. The van der Waals surface area contributed by atoms with E-state index < -0.39 is 48.5 Å². The first kappa shape index (κ1) is 39.3. The van der Waals surface area contributed by atoms with E-state index in [1.165, 1.54) is 18.9 Å². The van der Waals surface area contributed by atoms with Crippen LogP contribution in [0.15, 0.2) is 91.3 Å². The van der Waals surface area contributed by atoms with E-state index in [-0.39, 0.29) is 31.8 Å². The third-order valence-corrected chi connectivity index (χ3v) is 11.4. The summed E-state index contributed by atoms with van der Waals surface area (Å²) >= 11 is 0. The number of imidazole rings is 2. The van der Waals surface area contributed by atoms with Crippen molar-refractivity contribution in [2.45, 2.75) is 70.1 Å². The molecule has 57 heavy (non-hydrogen) atoms. The Morgan fingerprint density at radius 3 is 1.61 bits per heavy atom. The largest absolute Gasteiger partial charge is 0.465 e. The van der Waals surface area contributed by atoms with Crippen LogP contribution in [0.5, 0.6) is 0 Å². The second kappa shape index (κ2) is 16.7. The van der Waals surface area contributed by atoms with Gasteiger partial charge in [0.1, 0.15) is 36.1 Å². The predicted molar refractivity (Wildman–Crippen MR) is 212 cm³/mol. The standard InChI is InChI=1S/C43H48F2N8O4/c1-5-51(6-2)38(31-10-8-7-9-11-31)42(55)53-25-33(45)21-37(53)40-47-23-35(49-40)30-18-14-28(15-19-30)27-12-16-29(17-13-27)34-22-46-39(48-34)36-20-32(44)24-52(36)41(54)26(3)50(4)43(56)57/h7-19,22-23,26,32-33,36-38H,5-6,20-21,24-25H2,1-4H3,(H,46,48)(H,47,49)(H,56,57)/t26-,32-,33-,36-,37-,38+/m0/s1. The highest BCUT2D eigenvalue weighted by Gasteiger charge is 2.43. The van der Waals surface area contributed by atoms with Crippen molar-refractivity contribution in [2.24, 2.45) is 0 Å². The van der Waals surface area contributed by atoms with Crippen LogP contribution < -0.4 is 0 Å². The molecule has 0 aliphatic carbocycles. The first-order chi connectivity index (χ1) is 27.5. The highest BCUT2D eigenvalue weighted by atomic mass is 19.1. The molecule has 298 valence electrons. The Hall–Kier alpha value is -5.89. The molecule has 0 bridgehead atoms. The van der Waals surface area contributed by atoms with Crippen molar-refractivity contribution in [3.63, 3.8) is 0 Å². The van der Waals surface area contributed by atoms with Gasteiger partial charge in [0.2, 0.25) is 11.8 Å². The maximum atomic E-state index is 15.0. The number of carbonyl (C=O) groups is 3. The molecule has 12 nitrogen and oxygen atoms in total. The SMILES string of the molecule is CCN(CC)[C@@H](C(=O)N1C[C@@H](F)C[C@H]1c1ncc(-c2ccc(-c3ccc(-c4cnc([C@@H]5C[C@H](F)CN5C(=O)[C@H](C)N(C)C(=O)O)[nH]4)cc3)cc2)[nH]1)c1ccccc1. The average Bonchev–Trinajstić information content (AvgIpc) is 4.06. The first-order valence-electron chi connectivity index (χ1n) is 19.4. The van der Waals surface area contributed by atoms with Crippen molar-refractivity contribution in [3.05, 3.63) is 108 Å². The number of carboxylic acid groups (broad SMARTS) is 1. The van der Waals surface area contributed by atoms with E-state index in [0.717, 1.165) is 38.4 Å². The maximum Gasteiger partial charge on any atom is 0.407 e. The van der Waals surface area contributed by atoms with Crippen molar-refractivity contribution in [2.75, 3.05) is 33.2 Å². The Kier molecular flexibility index (Phi) is 11.5. The van der Waals surface area contributed by atoms with Crippen LogP contribution in [0, 0.1) is 0 Å². The number of carbonyl (C=O) groups excluding carboxylic acids is 2. The molecule has 4 heterocycles. The molecule has 3 aromatic carbocycles. The van der Waals surface area contributed by atoms with Gasteiger partial charge in [-0.1, -0.05) is 92.7 Å². The Morgan fingerprint density at radius 2 is 1.18 bits per heavy atom. The number of amides is 3. The summed E-state index contributed by atoms with van der Waals surface area (Å²) in [6.45, 7) is 6.80. The molecule has 2 saturated heterocycles. The number of likely N-dealkylation sites (tertiary alicyclic amines) is 2. The van der Waals surface area contributed by atoms with Gasteiger partial charge in [-0.05, 0) is 47.8 Å². The highest BCUT2D eigenvalue weighted by Crippen LogP contribution is 2.38. The summed E-state index contributed by atoms with van der Waals surface area (Å²) in [5.74, 6) is 0.398. The zero-order valence-corrected chi connectivity index (χ0v) is 32.5. The third-order valence-electron chi connectivity index (χ3n) is 11.4. The number of hydrogen-bond acceptors (Lipinski definition) is 6. The second-order valence-electron chi connectivity index (χ2n) is 14.8. The minimum absolute atomic E-state index is 0.0202. The summed E-state index contributed by atoms with van der Waals surface area (Å²) < 4.78 is 29.6. The highest BCUT2D eigenvalue weighted by molar-refractivity contribution is 5.86. The number of halogens is 2. The molecule has 0 unspecified atom stereocenters. The number of alkyl halides is 2. The lowest BCUT2D eigenvalue weighted by atomic mass is 10.0. The summed E-state index contributed by atoms with van der Waals surface area (Å²) in [7, 11) is 1.31. The molecule has 2 aromatic heterocycles. The topological polar surface area (TPSA) is 142 Å². The van der Waals surface area contributed by atoms with Crippen LogP contribution in [0.2, 0.25) is 0 Å². The Labute approximate surface area is 330 Å². The van der Waals surface area contributed by atoms with E-state index in [1.807, 2.05) is 92.7 Å². The quantitative estimate of drug-likeness (QED) is 0.120. The van der Waals surface area contributed by atoms with Crippen LogP contribution in [0.4, 0.5) is 13.6 Å². The fourth-order valence-electron chi connectivity index (χ4n) is 8.03. The van der Waals surface area contributed by atoms with E-state index in [9.17, 15) is 23.9 Å². The molecule has 0 radical (unpaired) electrons. The lowest BCUT2D eigenvalue weighted by Crippen LogP contribution is -2.47. The molecule has 7 rings (SSSR count). The number of benzene rings is 3. The van der Waals surface area contributed by atoms with Gasteiger partial charge in [0.15, 0.2) is 0 Å². The van der Waals surface area contributed by atoms with Crippen LogP contribution >= 0.6 is 0 Å². The van der Waals surface area contributed by atoms with Crippen molar-refractivity contribution in [1.82, 2.24) is 39.5 Å². The molecule has 0 saturated carbocycles. The molecule has 0 spiro atoms. The van der Waals surface area contributed by atoms with Crippen LogP contribution in [-0.2, 0) is 9.59 Å². The number of rotatable bonds is 12.